The number of rotatable bonds is 11. The molecule has 0 bridgehead atoms. The third kappa shape index (κ3) is 6.42. The van der Waals surface area contributed by atoms with Crippen molar-refractivity contribution in [3.63, 3.8) is 0 Å². The molecule has 0 atom stereocenters. The van der Waals surface area contributed by atoms with Gasteiger partial charge in [-0.2, -0.15) is 5.10 Å². The molecule has 4 aromatic rings. The Balaban J connectivity index is 1.46. The van der Waals surface area contributed by atoms with Crippen LogP contribution in [-0.4, -0.2) is 22.6 Å². The molecule has 0 aliphatic carbocycles. The van der Waals surface area contributed by atoms with Crippen molar-refractivity contribution in [2.24, 2.45) is 4.99 Å². The van der Waals surface area contributed by atoms with Crippen molar-refractivity contribution < 1.29 is 4.74 Å². The number of aliphatic imine (C=N–C) groups is 1. The number of hydrogen-bond donors (Lipinski definition) is 0. The van der Waals surface area contributed by atoms with Gasteiger partial charge in [0.1, 0.15) is 17.1 Å². The molecule has 33 heavy (non-hydrogen) atoms. The molecule has 0 amide bonds. The zero-order valence-corrected chi connectivity index (χ0v) is 19.2. The normalized spacial score (nSPS) is 11.2. The monoisotopic (exact) mass is 437 g/mol. The van der Waals surface area contributed by atoms with Gasteiger partial charge in [0.15, 0.2) is 0 Å². The van der Waals surface area contributed by atoms with E-state index in [-0.39, 0.29) is 0 Å². The van der Waals surface area contributed by atoms with E-state index in [1.807, 2.05) is 89.9 Å². The largest absolute Gasteiger partial charge is 0.494 e. The molecule has 0 fully saturated rings. The zero-order chi connectivity index (χ0) is 22.7. The Kier molecular flexibility index (Phi) is 8.07. The van der Waals surface area contributed by atoms with Gasteiger partial charge in [-0.25, -0.2) is 4.68 Å². The maximum Gasteiger partial charge on any atom is 0.119 e. The standard InChI is InChI=1S/C29H31N3O/c1-2-3-4-5-12-21-33-27-19-17-24(18-20-27)22-30-28-23-32(26-15-10-7-11-16-26)31-29(28)25-13-8-6-9-14-25/h6-11,13-20,22-23H,2-5,12,21H2,1H3. The summed E-state index contributed by atoms with van der Waals surface area (Å²) >= 11 is 0. The number of ether oxygens (including phenoxy) is 1. The van der Waals surface area contributed by atoms with Gasteiger partial charge in [-0.05, 0) is 48.4 Å². The second kappa shape index (κ2) is 11.8. The Hall–Kier alpha value is -3.66. The summed E-state index contributed by atoms with van der Waals surface area (Å²) in [6.45, 7) is 3.01. The molecule has 0 radical (unpaired) electrons. The fraction of sp³-hybridized carbons (Fsp3) is 0.241. The minimum absolute atomic E-state index is 0.774. The van der Waals surface area contributed by atoms with Crippen LogP contribution in [0.15, 0.2) is 96.1 Å². The van der Waals surface area contributed by atoms with Crippen LogP contribution in [-0.2, 0) is 0 Å². The Bertz CT molecular complexity index is 1130. The average molecular weight is 438 g/mol. The van der Waals surface area contributed by atoms with Gasteiger partial charge in [-0.1, -0.05) is 81.1 Å². The summed E-state index contributed by atoms with van der Waals surface area (Å²) < 4.78 is 7.76. The number of hydrogen-bond acceptors (Lipinski definition) is 3. The van der Waals surface area contributed by atoms with Gasteiger partial charge in [0, 0.05) is 11.8 Å². The number of nitrogens with zero attached hydrogens (tertiary/aromatic N) is 3. The molecule has 4 heteroatoms. The van der Waals surface area contributed by atoms with Gasteiger partial charge >= 0.3 is 0 Å². The summed E-state index contributed by atoms with van der Waals surface area (Å²) in [6.07, 6.45) is 10.1. The van der Waals surface area contributed by atoms with Crippen LogP contribution >= 0.6 is 0 Å². The van der Waals surface area contributed by atoms with Gasteiger partial charge in [0.2, 0.25) is 0 Å². The van der Waals surface area contributed by atoms with Gasteiger partial charge < -0.3 is 4.74 Å². The van der Waals surface area contributed by atoms with Crippen LogP contribution < -0.4 is 4.74 Å². The Morgan fingerprint density at radius 3 is 2.24 bits per heavy atom. The fourth-order valence-electron chi connectivity index (χ4n) is 3.66. The Morgan fingerprint density at radius 1 is 0.818 bits per heavy atom. The Morgan fingerprint density at radius 2 is 1.52 bits per heavy atom. The van der Waals surface area contributed by atoms with E-state index in [1.165, 1.54) is 25.7 Å². The molecule has 4 rings (SSSR count). The lowest BCUT2D eigenvalue weighted by Gasteiger charge is -2.06. The number of unbranched alkanes of at least 4 members (excludes halogenated alkanes) is 4. The topological polar surface area (TPSA) is 39.4 Å². The number of benzene rings is 3. The lowest BCUT2D eigenvalue weighted by molar-refractivity contribution is 0.304. The molecule has 4 nitrogen and oxygen atoms in total. The Labute approximate surface area is 196 Å². The molecule has 1 aromatic heterocycles. The van der Waals surface area contributed by atoms with E-state index < -0.39 is 0 Å². The minimum Gasteiger partial charge on any atom is -0.494 e. The van der Waals surface area contributed by atoms with Crippen LogP contribution in [0.3, 0.4) is 0 Å². The molecule has 3 aromatic carbocycles. The first kappa shape index (κ1) is 22.5. The SMILES string of the molecule is CCCCCCCOc1ccc(C=Nc2cn(-c3ccccc3)nc2-c2ccccc2)cc1. The van der Waals surface area contributed by atoms with Crippen LogP contribution in [0.25, 0.3) is 16.9 Å². The third-order valence-electron chi connectivity index (χ3n) is 5.51. The quantitative estimate of drug-likeness (QED) is 0.179. The lowest BCUT2D eigenvalue weighted by Crippen LogP contribution is -1.97. The molecule has 0 N–H and O–H groups in total. The highest BCUT2D eigenvalue weighted by atomic mass is 16.5. The predicted octanol–water partition coefficient (Wildman–Crippen LogP) is 7.64. The highest BCUT2D eigenvalue weighted by molar-refractivity contribution is 5.85. The van der Waals surface area contributed by atoms with Crippen LogP contribution in [0.2, 0.25) is 0 Å². The highest BCUT2D eigenvalue weighted by Crippen LogP contribution is 2.30. The number of aromatic nitrogens is 2. The van der Waals surface area contributed by atoms with E-state index in [1.54, 1.807) is 0 Å². The first-order chi connectivity index (χ1) is 16.3. The molecule has 0 spiro atoms. The van der Waals surface area contributed by atoms with E-state index in [4.69, 9.17) is 14.8 Å². The minimum atomic E-state index is 0.774. The fourth-order valence-corrected chi connectivity index (χ4v) is 3.66. The van der Waals surface area contributed by atoms with E-state index in [2.05, 4.69) is 19.1 Å². The third-order valence-corrected chi connectivity index (χ3v) is 5.51. The van der Waals surface area contributed by atoms with Crippen molar-refractivity contribution in [2.75, 3.05) is 6.61 Å². The van der Waals surface area contributed by atoms with Gasteiger partial charge in [0.05, 0.1) is 18.5 Å². The maximum atomic E-state index is 5.88. The van der Waals surface area contributed by atoms with E-state index in [9.17, 15) is 0 Å². The van der Waals surface area contributed by atoms with Crippen molar-refractivity contribution >= 4 is 11.9 Å². The molecule has 0 saturated heterocycles. The summed E-state index contributed by atoms with van der Waals surface area (Å²) in [4.78, 5) is 4.78. The summed E-state index contributed by atoms with van der Waals surface area (Å²) in [6, 6.07) is 28.4. The van der Waals surface area contributed by atoms with Gasteiger partial charge in [0.25, 0.3) is 0 Å². The van der Waals surface area contributed by atoms with Crippen molar-refractivity contribution in [3.8, 4) is 22.7 Å². The number of para-hydroxylation sites is 1. The van der Waals surface area contributed by atoms with E-state index in [0.29, 0.717) is 0 Å². The van der Waals surface area contributed by atoms with Crippen molar-refractivity contribution in [3.05, 3.63) is 96.7 Å². The highest BCUT2D eigenvalue weighted by Gasteiger charge is 2.11. The summed E-state index contributed by atoms with van der Waals surface area (Å²) in [7, 11) is 0. The van der Waals surface area contributed by atoms with Crippen molar-refractivity contribution in [2.45, 2.75) is 39.0 Å². The van der Waals surface area contributed by atoms with E-state index in [0.717, 1.165) is 47.0 Å². The van der Waals surface area contributed by atoms with Crippen LogP contribution in [0.4, 0.5) is 5.69 Å². The summed E-state index contributed by atoms with van der Waals surface area (Å²) in [5, 5.41) is 4.82. The molecule has 1 heterocycles. The molecular weight excluding hydrogens is 406 g/mol. The van der Waals surface area contributed by atoms with Crippen molar-refractivity contribution in [1.82, 2.24) is 9.78 Å². The van der Waals surface area contributed by atoms with Gasteiger partial charge in [-0.15, -0.1) is 0 Å². The lowest BCUT2D eigenvalue weighted by atomic mass is 10.1. The predicted molar refractivity (Wildman–Crippen MR) is 137 cm³/mol. The molecular formula is C29H31N3O. The van der Waals surface area contributed by atoms with Gasteiger partial charge in [-0.3, -0.25) is 4.99 Å². The second-order valence-corrected chi connectivity index (χ2v) is 8.10. The second-order valence-electron chi connectivity index (χ2n) is 8.10. The maximum absolute atomic E-state index is 5.88. The zero-order valence-electron chi connectivity index (χ0n) is 19.2. The molecule has 168 valence electrons. The first-order valence-corrected chi connectivity index (χ1v) is 11.8. The molecule has 0 saturated carbocycles. The summed E-state index contributed by atoms with van der Waals surface area (Å²) in [5.41, 5.74) is 4.77. The average Bonchev–Trinajstić information content (AvgIpc) is 3.31. The van der Waals surface area contributed by atoms with E-state index >= 15 is 0 Å². The smallest absolute Gasteiger partial charge is 0.119 e. The van der Waals surface area contributed by atoms with Crippen LogP contribution in [0, 0.1) is 0 Å². The van der Waals surface area contributed by atoms with Crippen LogP contribution in [0.1, 0.15) is 44.6 Å². The summed E-state index contributed by atoms with van der Waals surface area (Å²) in [5.74, 6) is 0.907. The molecule has 0 unspecified atom stereocenters. The van der Waals surface area contributed by atoms with Crippen LogP contribution in [0.5, 0.6) is 5.75 Å². The van der Waals surface area contributed by atoms with Crippen molar-refractivity contribution in [1.29, 1.82) is 0 Å². The molecule has 0 aliphatic heterocycles. The first-order valence-electron chi connectivity index (χ1n) is 11.8. The molecule has 0 aliphatic rings.